The molecule has 0 bridgehead atoms. The molecular formula is C19H39NO7S. The van der Waals surface area contributed by atoms with Gasteiger partial charge in [-0.2, -0.15) is 18.6 Å². The Morgan fingerprint density at radius 1 is 0.893 bits per heavy atom. The van der Waals surface area contributed by atoms with E-state index < -0.39 is 10.4 Å². The van der Waals surface area contributed by atoms with Gasteiger partial charge in [0.2, 0.25) is 0 Å². The third-order valence-corrected chi connectivity index (χ3v) is 4.71. The van der Waals surface area contributed by atoms with Crippen LogP contribution in [0.5, 0.6) is 0 Å². The van der Waals surface area contributed by atoms with E-state index in [9.17, 15) is 8.42 Å². The largest absolute Gasteiger partial charge is 0.415 e. The lowest BCUT2D eigenvalue weighted by Crippen LogP contribution is -2.28. The predicted octanol–water partition coefficient (Wildman–Crippen LogP) is 3.27. The molecule has 168 valence electrons. The van der Waals surface area contributed by atoms with Gasteiger partial charge < -0.3 is 14.2 Å². The van der Waals surface area contributed by atoms with Crippen molar-refractivity contribution in [2.24, 2.45) is 5.90 Å². The van der Waals surface area contributed by atoms with Crippen molar-refractivity contribution in [1.82, 2.24) is 0 Å². The number of ether oxygens (including phenoxy) is 3. The van der Waals surface area contributed by atoms with E-state index in [2.05, 4.69) is 27.9 Å². The molecule has 0 aromatic rings. The lowest BCUT2D eigenvalue weighted by molar-refractivity contribution is -0.0625. The molecular weight excluding hydrogens is 386 g/mol. The van der Waals surface area contributed by atoms with Crippen LogP contribution in [-0.4, -0.2) is 54.2 Å². The average Bonchev–Trinajstić information content (AvgIpc) is 2.69. The molecule has 0 aliphatic carbocycles. The molecule has 0 fully saturated rings. The summed E-state index contributed by atoms with van der Waals surface area (Å²) >= 11 is 0. The fourth-order valence-electron chi connectivity index (χ4n) is 2.54. The van der Waals surface area contributed by atoms with Crippen molar-refractivity contribution < 1.29 is 31.1 Å². The Morgan fingerprint density at radius 2 is 1.50 bits per heavy atom. The molecule has 0 saturated heterocycles. The Balaban J connectivity index is 3.77. The Kier molecular flexibility index (Phi) is 19.4. The fraction of sp³-hybridized carbons (Fsp3) is 0.895. The standard InChI is InChI=1S/C19H39NO7S/c1-3-5-6-7-8-9-10-11-12-14-24-18-19(17-23-13-4-2)25-15-16-26-28(21,22)27-20/h4,19H,2-3,5-18,20H2,1H3. The van der Waals surface area contributed by atoms with Crippen LogP contribution >= 0.6 is 0 Å². The Bertz CT molecular complexity index is 446. The second kappa shape index (κ2) is 19.8. The highest BCUT2D eigenvalue weighted by Gasteiger charge is 2.13. The molecule has 0 aromatic carbocycles. The van der Waals surface area contributed by atoms with Crippen LogP contribution in [0.1, 0.15) is 64.7 Å². The summed E-state index contributed by atoms with van der Waals surface area (Å²) in [5.41, 5.74) is 0. The van der Waals surface area contributed by atoms with Gasteiger partial charge in [-0.1, -0.05) is 64.4 Å². The summed E-state index contributed by atoms with van der Waals surface area (Å²) in [4.78, 5) is 0. The van der Waals surface area contributed by atoms with Gasteiger partial charge >= 0.3 is 10.4 Å². The van der Waals surface area contributed by atoms with Gasteiger partial charge in [0.25, 0.3) is 0 Å². The second-order valence-corrected chi connectivity index (χ2v) is 7.79. The summed E-state index contributed by atoms with van der Waals surface area (Å²) in [7, 11) is -4.16. The fourth-order valence-corrected chi connectivity index (χ4v) is 2.86. The molecule has 0 saturated carbocycles. The van der Waals surface area contributed by atoms with Crippen molar-refractivity contribution in [2.45, 2.75) is 70.8 Å². The van der Waals surface area contributed by atoms with Crippen LogP contribution in [0.3, 0.4) is 0 Å². The van der Waals surface area contributed by atoms with Crippen LogP contribution in [0.15, 0.2) is 12.7 Å². The van der Waals surface area contributed by atoms with E-state index in [0.717, 1.165) is 12.8 Å². The topological polar surface area (TPSA) is 106 Å². The third kappa shape index (κ3) is 18.8. The molecule has 0 radical (unpaired) electrons. The Morgan fingerprint density at radius 3 is 2.11 bits per heavy atom. The zero-order chi connectivity index (χ0) is 20.9. The van der Waals surface area contributed by atoms with Gasteiger partial charge in [0, 0.05) is 6.61 Å². The van der Waals surface area contributed by atoms with Crippen molar-refractivity contribution in [1.29, 1.82) is 0 Å². The van der Waals surface area contributed by atoms with Gasteiger partial charge in [0.1, 0.15) is 6.10 Å². The predicted molar refractivity (Wildman–Crippen MR) is 109 cm³/mol. The van der Waals surface area contributed by atoms with Crippen LogP contribution in [-0.2, 0) is 33.1 Å². The molecule has 28 heavy (non-hydrogen) atoms. The first kappa shape index (κ1) is 27.5. The maximum absolute atomic E-state index is 11.0. The number of rotatable bonds is 22. The highest BCUT2D eigenvalue weighted by Crippen LogP contribution is 2.09. The van der Waals surface area contributed by atoms with Crippen LogP contribution in [0.25, 0.3) is 0 Å². The molecule has 1 atom stereocenters. The van der Waals surface area contributed by atoms with Crippen LogP contribution in [0, 0.1) is 0 Å². The molecule has 8 nitrogen and oxygen atoms in total. The number of hydrogen-bond donors (Lipinski definition) is 1. The van der Waals surface area contributed by atoms with E-state index in [1.807, 2.05) is 0 Å². The average molecular weight is 426 g/mol. The molecule has 1 unspecified atom stereocenters. The van der Waals surface area contributed by atoms with Crippen molar-refractivity contribution >= 4 is 10.4 Å². The first-order valence-electron chi connectivity index (χ1n) is 10.2. The van der Waals surface area contributed by atoms with Crippen molar-refractivity contribution in [3.05, 3.63) is 12.7 Å². The molecule has 0 amide bonds. The molecule has 0 aliphatic rings. The van der Waals surface area contributed by atoms with Gasteiger partial charge in [-0.25, -0.2) is 4.18 Å². The summed E-state index contributed by atoms with van der Waals surface area (Å²) in [6.07, 6.45) is 12.7. The maximum atomic E-state index is 11.0. The van der Waals surface area contributed by atoms with E-state index in [0.29, 0.717) is 26.4 Å². The van der Waals surface area contributed by atoms with Crippen molar-refractivity contribution in [3.63, 3.8) is 0 Å². The van der Waals surface area contributed by atoms with E-state index in [4.69, 9.17) is 14.2 Å². The molecule has 9 heteroatoms. The Hall–Kier alpha value is -0.550. The van der Waals surface area contributed by atoms with E-state index >= 15 is 0 Å². The Labute approximate surface area is 171 Å². The van der Waals surface area contributed by atoms with Gasteiger partial charge in [-0.3, -0.25) is 0 Å². The number of nitrogens with two attached hydrogens (primary N) is 1. The smallest absolute Gasteiger partial charge is 0.379 e. The minimum absolute atomic E-state index is 0.0477. The van der Waals surface area contributed by atoms with Gasteiger partial charge in [-0.05, 0) is 6.42 Å². The van der Waals surface area contributed by atoms with Gasteiger partial charge in [0.15, 0.2) is 0 Å². The molecule has 0 rings (SSSR count). The first-order chi connectivity index (χ1) is 13.6. The van der Waals surface area contributed by atoms with E-state index in [-0.39, 0.29) is 19.3 Å². The van der Waals surface area contributed by atoms with E-state index in [1.54, 1.807) is 6.08 Å². The zero-order valence-electron chi connectivity index (χ0n) is 17.3. The first-order valence-corrected chi connectivity index (χ1v) is 11.5. The quantitative estimate of drug-likeness (QED) is 0.160. The van der Waals surface area contributed by atoms with Gasteiger partial charge in [-0.15, -0.1) is 6.58 Å². The van der Waals surface area contributed by atoms with E-state index in [1.165, 1.54) is 44.9 Å². The summed E-state index contributed by atoms with van der Waals surface area (Å²) in [5, 5.41) is 0. The monoisotopic (exact) mass is 425 g/mol. The third-order valence-electron chi connectivity index (χ3n) is 4.02. The number of unbranched alkanes of at least 4 members (excludes halogenated alkanes) is 8. The molecule has 0 heterocycles. The highest BCUT2D eigenvalue weighted by atomic mass is 32.3. The molecule has 0 aromatic heterocycles. The van der Waals surface area contributed by atoms with Crippen molar-refractivity contribution in [3.8, 4) is 0 Å². The normalized spacial score (nSPS) is 12.9. The minimum atomic E-state index is -4.16. The van der Waals surface area contributed by atoms with Crippen LogP contribution in [0.4, 0.5) is 0 Å². The maximum Gasteiger partial charge on any atom is 0.415 e. The van der Waals surface area contributed by atoms with Crippen LogP contribution in [0.2, 0.25) is 0 Å². The lowest BCUT2D eigenvalue weighted by atomic mass is 10.1. The number of hydrogen-bond acceptors (Lipinski definition) is 8. The summed E-state index contributed by atoms with van der Waals surface area (Å²) in [6.45, 7) is 7.44. The summed E-state index contributed by atoms with van der Waals surface area (Å²) < 4.78 is 46.7. The van der Waals surface area contributed by atoms with Crippen LogP contribution < -0.4 is 5.90 Å². The summed E-state index contributed by atoms with van der Waals surface area (Å²) in [5.74, 6) is 4.58. The highest BCUT2D eigenvalue weighted by molar-refractivity contribution is 7.81. The summed E-state index contributed by atoms with van der Waals surface area (Å²) in [6, 6.07) is 0. The molecule has 0 spiro atoms. The SMILES string of the molecule is C=CCOCC(COCCCCCCCCCCC)OCCOS(=O)(=O)ON. The molecule has 2 N–H and O–H groups in total. The zero-order valence-corrected chi connectivity index (χ0v) is 18.1. The van der Waals surface area contributed by atoms with Gasteiger partial charge in [0.05, 0.1) is 33.0 Å². The second-order valence-electron chi connectivity index (χ2n) is 6.55. The van der Waals surface area contributed by atoms with Crippen molar-refractivity contribution in [2.75, 3.05) is 39.6 Å². The minimum Gasteiger partial charge on any atom is -0.379 e. The lowest BCUT2D eigenvalue weighted by Gasteiger charge is -2.18. The molecule has 0 aliphatic heterocycles.